The highest BCUT2D eigenvalue weighted by molar-refractivity contribution is 7.67. The van der Waals surface area contributed by atoms with Crippen molar-refractivity contribution in [1.29, 1.82) is 0 Å². The molecular weight excluding hydrogens is 422 g/mol. The van der Waals surface area contributed by atoms with Gasteiger partial charge in [-0.05, 0) is 54.8 Å². The van der Waals surface area contributed by atoms with Crippen molar-refractivity contribution in [2.45, 2.75) is 26.6 Å². The predicted molar refractivity (Wildman–Crippen MR) is 133 cm³/mol. The molecule has 6 heteroatoms. The van der Waals surface area contributed by atoms with Gasteiger partial charge in [0.15, 0.2) is 0 Å². The van der Waals surface area contributed by atoms with Crippen molar-refractivity contribution in [3.05, 3.63) is 89.7 Å². The van der Waals surface area contributed by atoms with Gasteiger partial charge in [-0.15, -0.1) is 0 Å². The summed E-state index contributed by atoms with van der Waals surface area (Å²) in [5.41, 5.74) is 3.07. The lowest BCUT2D eigenvalue weighted by Crippen LogP contribution is -2.23. The average molecular weight is 455 g/mol. The third kappa shape index (κ3) is 5.40. The molecule has 2 unspecified atom stereocenters. The zero-order chi connectivity index (χ0) is 23.3. The van der Waals surface area contributed by atoms with Crippen LogP contribution in [0.2, 0.25) is 0 Å². The smallest absolute Gasteiger partial charge is 0.258 e. The van der Waals surface area contributed by atoms with Gasteiger partial charge >= 0.3 is 0 Å². The van der Waals surface area contributed by atoms with Crippen LogP contribution in [-0.2, 0) is 9.09 Å². The quantitative estimate of drug-likeness (QED) is 0.371. The first kappa shape index (κ1) is 24.0. The number of aryl methyl sites for hydroxylation is 1. The number of hydrogen-bond acceptors (Lipinski definition) is 4. The standard InChI is InChI=1S/C26H32FN2O2P/c1-19(2)18-31-32(30,22-16-14-21(15-17-22)29(4)5)26(23-11-7-8-12-24(23)27)28-25-13-9-6-10-20(25)3/h6-17,19,26,28H,18H2,1-5H3. The molecule has 0 amide bonds. The number of nitrogens with zero attached hydrogens (tertiary/aromatic N) is 1. The Labute approximate surface area is 190 Å². The summed E-state index contributed by atoms with van der Waals surface area (Å²) in [5, 5.41) is 3.92. The van der Waals surface area contributed by atoms with Gasteiger partial charge in [0.25, 0.3) is 7.37 Å². The van der Waals surface area contributed by atoms with E-state index in [1.807, 2.05) is 88.3 Å². The summed E-state index contributed by atoms with van der Waals surface area (Å²) in [5.74, 6) is -1.13. The molecule has 0 aromatic heterocycles. The van der Waals surface area contributed by atoms with Crippen LogP contribution < -0.4 is 15.5 Å². The van der Waals surface area contributed by atoms with Gasteiger partial charge in [0.1, 0.15) is 11.6 Å². The Kier molecular flexibility index (Phi) is 7.76. The van der Waals surface area contributed by atoms with E-state index in [0.29, 0.717) is 17.5 Å². The molecule has 0 radical (unpaired) electrons. The van der Waals surface area contributed by atoms with Gasteiger partial charge in [-0.2, -0.15) is 0 Å². The average Bonchev–Trinajstić information content (AvgIpc) is 2.77. The second-order valence-corrected chi connectivity index (χ2v) is 11.1. The SMILES string of the molecule is Cc1ccccc1NC(c1ccccc1F)P(=O)(OCC(C)C)c1ccc(N(C)C)cc1. The fourth-order valence-electron chi connectivity index (χ4n) is 3.44. The number of hydrogen-bond donors (Lipinski definition) is 1. The van der Waals surface area contributed by atoms with Gasteiger partial charge in [-0.3, -0.25) is 4.57 Å². The molecule has 3 rings (SSSR count). The largest absolute Gasteiger partial charge is 0.378 e. The van der Waals surface area contributed by atoms with E-state index in [1.165, 1.54) is 6.07 Å². The van der Waals surface area contributed by atoms with Gasteiger partial charge in [-0.1, -0.05) is 50.2 Å². The Morgan fingerprint density at radius 1 is 0.969 bits per heavy atom. The molecule has 0 aliphatic heterocycles. The van der Waals surface area contributed by atoms with Crippen LogP contribution in [0.25, 0.3) is 0 Å². The number of anilines is 2. The molecule has 0 saturated heterocycles. The lowest BCUT2D eigenvalue weighted by molar-refractivity contribution is 0.272. The van der Waals surface area contributed by atoms with E-state index >= 15 is 4.39 Å². The van der Waals surface area contributed by atoms with Crippen LogP contribution in [0.4, 0.5) is 15.8 Å². The van der Waals surface area contributed by atoms with Crippen LogP contribution in [0.15, 0.2) is 72.8 Å². The molecule has 2 atom stereocenters. The summed E-state index contributed by atoms with van der Waals surface area (Å²) in [6, 6.07) is 21.6. The van der Waals surface area contributed by atoms with E-state index in [-0.39, 0.29) is 5.92 Å². The summed E-state index contributed by atoms with van der Waals surface area (Å²) in [4.78, 5) is 1.98. The zero-order valence-electron chi connectivity index (χ0n) is 19.4. The van der Waals surface area contributed by atoms with Crippen LogP contribution in [0, 0.1) is 18.7 Å². The number of rotatable bonds is 9. The first-order valence-electron chi connectivity index (χ1n) is 10.8. The maximum Gasteiger partial charge on any atom is 0.258 e. The second-order valence-electron chi connectivity index (χ2n) is 8.58. The van der Waals surface area contributed by atoms with Crippen molar-refractivity contribution >= 4 is 24.0 Å². The van der Waals surface area contributed by atoms with Crippen molar-refractivity contribution in [2.24, 2.45) is 5.92 Å². The highest BCUT2D eigenvalue weighted by atomic mass is 31.2. The molecule has 0 saturated carbocycles. The summed E-state index contributed by atoms with van der Waals surface area (Å²) < 4.78 is 35.9. The number of nitrogens with one attached hydrogen (secondary N) is 1. The Bertz CT molecular complexity index is 1080. The molecule has 32 heavy (non-hydrogen) atoms. The normalized spacial score (nSPS) is 14.1. The van der Waals surface area contributed by atoms with Gasteiger partial charge in [0.2, 0.25) is 0 Å². The van der Waals surface area contributed by atoms with Gasteiger partial charge in [0, 0.05) is 36.3 Å². The van der Waals surface area contributed by atoms with E-state index in [9.17, 15) is 4.57 Å². The molecule has 4 nitrogen and oxygen atoms in total. The van der Waals surface area contributed by atoms with Crippen molar-refractivity contribution in [2.75, 3.05) is 30.9 Å². The van der Waals surface area contributed by atoms with Gasteiger partial charge in [0.05, 0.1) is 6.61 Å². The molecule has 0 aliphatic carbocycles. The van der Waals surface area contributed by atoms with E-state index in [4.69, 9.17) is 4.52 Å². The molecule has 0 heterocycles. The van der Waals surface area contributed by atoms with E-state index in [1.54, 1.807) is 18.2 Å². The molecular formula is C26H32FN2O2P. The van der Waals surface area contributed by atoms with Gasteiger partial charge < -0.3 is 14.7 Å². The van der Waals surface area contributed by atoms with Crippen molar-refractivity contribution in [3.63, 3.8) is 0 Å². The van der Waals surface area contributed by atoms with E-state index in [0.717, 1.165) is 16.9 Å². The Morgan fingerprint density at radius 3 is 2.19 bits per heavy atom. The molecule has 3 aromatic rings. The van der Waals surface area contributed by atoms with Crippen molar-refractivity contribution in [1.82, 2.24) is 0 Å². The second kappa shape index (κ2) is 10.3. The highest BCUT2D eigenvalue weighted by Crippen LogP contribution is 2.59. The molecule has 3 aromatic carbocycles. The summed E-state index contributed by atoms with van der Waals surface area (Å²) >= 11 is 0. The minimum absolute atomic E-state index is 0.170. The maximum absolute atomic E-state index is 15.0. The molecule has 0 bridgehead atoms. The van der Waals surface area contributed by atoms with Crippen LogP contribution in [0.1, 0.15) is 30.8 Å². The van der Waals surface area contributed by atoms with E-state index < -0.39 is 19.0 Å². The maximum atomic E-state index is 15.0. The molecule has 0 fully saturated rings. The van der Waals surface area contributed by atoms with Crippen molar-refractivity contribution in [3.8, 4) is 0 Å². The van der Waals surface area contributed by atoms with E-state index in [2.05, 4.69) is 5.32 Å². The minimum atomic E-state index is -3.59. The Morgan fingerprint density at radius 2 is 1.59 bits per heavy atom. The molecule has 0 spiro atoms. The lowest BCUT2D eigenvalue weighted by atomic mass is 10.1. The fraction of sp³-hybridized carbons (Fsp3) is 0.308. The van der Waals surface area contributed by atoms with Gasteiger partial charge in [-0.25, -0.2) is 4.39 Å². The first-order chi connectivity index (χ1) is 15.2. The third-order valence-corrected chi connectivity index (χ3v) is 7.94. The van der Waals surface area contributed by atoms with Crippen LogP contribution in [0.3, 0.4) is 0 Å². The van der Waals surface area contributed by atoms with Crippen LogP contribution >= 0.6 is 7.37 Å². The number of benzene rings is 3. The summed E-state index contributed by atoms with van der Waals surface area (Å²) in [7, 11) is 0.311. The minimum Gasteiger partial charge on any atom is -0.378 e. The lowest BCUT2D eigenvalue weighted by Gasteiger charge is -2.31. The number of para-hydroxylation sites is 1. The monoisotopic (exact) mass is 454 g/mol. The molecule has 0 aliphatic rings. The summed E-state index contributed by atoms with van der Waals surface area (Å²) in [6.45, 7) is 6.28. The Balaban J connectivity index is 2.17. The first-order valence-corrected chi connectivity index (χ1v) is 12.5. The molecule has 1 N–H and O–H groups in total. The fourth-order valence-corrected chi connectivity index (χ4v) is 6.01. The zero-order valence-corrected chi connectivity index (χ0v) is 20.3. The predicted octanol–water partition coefficient (Wildman–Crippen LogP) is 6.59. The topological polar surface area (TPSA) is 41.6 Å². The Hall–Kier alpha value is -2.62. The number of halogens is 1. The third-order valence-electron chi connectivity index (χ3n) is 5.30. The van der Waals surface area contributed by atoms with Crippen molar-refractivity contribution < 1.29 is 13.5 Å². The van der Waals surface area contributed by atoms with Crippen LogP contribution in [-0.4, -0.2) is 20.7 Å². The highest BCUT2D eigenvalue weighted by Gasteiger charge is 2.39. The summed E-state index contributed by atoms with van der Waals surface area (Å²) in [6.07, 6.45) is 0. The van der Waals surface area contributed by atoms with Crippen LogP contribution in [0.5, 0.6) is 0 Å². The molecule has 170 valence electrons.